The van der Waals surface area contributed by atoms with Gasteiger partial charge in [0.15, 0.2) is 0 Å². The number of benzene rings is 2. The third kappa shape index (κ3) is 6.22. The van der Waals surface area contributed by atoms with Crippen molar-refractivity contribution in [1.82, 2.24) is 5.32 Å². The fourth-order valence-electron chi connectivity index (χ4n) is 2.20. The van der Waals surface area contributed by atoms with Crippen molar-refractivity contribution in [2.24, 2.45) is 0 Å². The average Bonchev–Trinajstić information content (AvgIpc) is 2.56. The van der Waals surface area contributed by atoms with Gasteiger partial charge in [-0.1, -0.05) is 59.6 Å². The van der Waals surface area contributed by atoms with E-state index in [0.29, 0.717) is 28.7 Å². The van der Waals surface area contributed by atoms with Crippen molar-refractivity contribution in [1.29, 1.82) is 0 Å². The first-order valence-corrected chi connectivity index (χ1v) is 8.41. The number of amides is 1. The molecule has 5 heteroatoms. The molecule has 122 valence electrons. The van der Waals surface area contributed by atoms with E-state index in [1.54, 1.807) is 18.2 Å². The minimum absolute atomic E-state index is 0.0790. The second-order valence-electron chi connectivity index (χ2n) is 5.24. The number of hydrogen-bond acceptors (Lipinski definition) is 2. The molecule has 3 nitrogen and oxygen atoms in total. The molecule has 2 rings (SSSR count). The number of halogens is 2. The van der Waals surface area contributed by atoms with Gasteiger partial charge >= 0.3 is 0 Å². The summed E-state index contributed by atoms with van der Waals surface area (Å²) in [5, 5.41) is 6.86. The van der Waals surface area contributed by atoms with E-state index in [9.17, 15) is 4.79 Å². The first kappa shape index (κ1) is 17.8. The monoisotopic (exact) mass is 350 g/mol. The van der Waals surface area contributed by atoms with E-state index >= 15 is 0 Å². The molecule has 2 N–H and O–H groups in total. The summed E-state index contributed by atoms with van der Waals surface area (Å²) >= 11 is 11.9. The molecule has 23 heavy (non-hydrogen) atoms. The minimum atomic E-state index is -0.0790. The molecule has 1 amide bonds. The Morgan fingerprint density at radius 3 is 2.52 bits per heavy atom. The lowest BCUT2D eigenvalue weighted by atomic mass is 10.1. The maximum Gasteiger partial charge on any atom is 0.225 e. The fraction of sp³-hybridized carbons (Fsp3) is 0.278. The van der Waals surface area contributed by atoms with Crippen LogP contribution in [0.1, 0.15) is 18.4 Å². The number of rotatable bonds is 8. The molecule has 0 unspecified atom stereocenters. The first-order valence-electron chi connectivity index (χ1n) is 7.65. The standard InChI is InChI=1S/C18H20Cl2N2O/c19-15-9-4-10-16(18(15)20)22-17(23)11-13-21-12-5-8-14-6-2-1-3-7-14/h1-4,6-7,9-10,21H,5,8,11-13H2,(H,22,23). The Morgan fingerprint density at radius 1 is 0.957 bits per heavy atom. The highest BCUT2D eigenvalue weighted by Gasteiger charge is 2.07. The number of anilines is 1. The van der Waals surface area contributed by atoms with Crippen molar-refractivity contribution in [2.45, 2.75) is 19.3 Å². The zero-order chi connectivity index (χ0) is 16.5. The van der Waals surface area contributed by atoms with Crippen molar-refractivity contribution in [3.8, 4) is 0 Å². The van der Waals surface area contributed by atoms with Crippen LogP contribution in [-0.4, -0.2) is 19.0 Å². The SMILES string of the molecule is O=C(CCNCCCc1ccccc1)Nc1cccc(Cl)c1Cl. The smallest absolute Gasteiger partial charge is 0.225 e. The van der Waals surface area contributed by atoms with Crippen LogP contribution >= 0.6 is 23.2 Å². The predicted octanol–water partition coefficient (Wildman–Crippen LogP) is 4.54. The molecule has 2 aromatic carbocycles. The van der Waals surface area contributed by atoms with Crippen molar-refractivity contribution in [2.75, 3.05) is 18.4 Å². The average molecular weight is 351 g/mol. The highest BCUT2D eigenvalue weighted by molar-refractivity contribution is 6.43. The Morgan fingerprint density at radius 2 is 1.74 bits per heavy atom. The molecule has 0 atom stereocenters. The number of aryl methyl sites for hydroxylation is 1. The summed E-state index contributed by atoms with van der Waals surface area (Å²) in [6.45, 7) is 1.53. The first-order chi connectivity index (χ1) is 11.2. The largest absolute Gasteiger partial charge is 0.325 e. The van der Waals surface area contributed by atoms with Crippen molar-refractivity contribution in [3.05, 3.63) is 64.1 Å². The summed E-state index contributed by atoms with van der Waals surface area (Å²) < 4.78 is 0. The Labute approximate surface area is 147 Å². The molecule has 0 saturated carbocycles. The van der Waals surface area contributed by atoms with Gasteiger partial charge in [0.25, 0.3) is 0 Å². The maximum atomic E-state index is 11.9. The van der Waals surface area contributed by atoms with Crippen molar-refractivity contribution in [3.63, 3.8) is 0 Å². The Bertz CT molecular complexity index is 632. The van der Waals surface area contributed by atoms with Gasteiger partial charge in [-0.15, -0.1) is 0 Å². The second kappa shape index (κ2) is 9.56. The van der Waals surface area contributed by atoms with Gasteiger partial charge in [-0.05, 0) is 37.1 Å². The summed E-state index contributed by atoms with van der Waals surface area (Å²) in [5.74, 6) is -0.0790. The van der Waals surface area contributed by atoms with Crippen LogP contribution in [0.3, 0.4) is 0 Å². The van der Waals surface area contributed by atoms with Gasteiger partial charge in [-0.25, -0.2) is 0 Å². The van der Waals surface area contributed by atoms with Gasteiger partial charge in [-0.3, -0.25) is 4.79 Å². The van der Waals surface area contributed by atoms with E-state index in [4.69, 9.17) is 23.2 Å². The predicted molar refractivity (Wildman–Crippen MR) is 97.3 cm³/mol. The Kier molecular flexibility index (Phi) is 7.40. The van der Waals surface area contributed by atoms with Crippen molar-refractivity contribution >= 4 is 34.8 Å². The molecule has 0 radical (unpaired) electrons. The number of carbonyl (C=O) groups excluding carboxylic acids is 1. The van der Waals surface area contributed by atoms with Gasteiger partial charge in [0.05, 0.1) is 15.7 Å². The Hall–Kier alpha value is -1.55. The van der Waals surface area contributed by atoms with E-state index in [2.05, 4.69) is 22.8 Å². The summed E-state index contributed by atoms with van der Waals surface area (Å²) in [6, 6.07) is 15.6. The third-order valence-electron chi connectivity index (χ3n) is 3.42. The van der Waals surface area contributed by atoms with Crippen LogP contribution in [0.5, 0.6) is 0 Å². The molecule has 0 saturated heterocycles. The van der Waals surface area contributed by atoms with E-state index in [1.165, 1.54) is 5.56 Å². The van der Waals surface area contributed by atoms with E-state index in [0.717, 1.165) is 19.4 Å². The van der Waals surface area contributed by atoms with Gasteiger partial charge in [0.2, 0.25) is 5.91 Å². The van der Waals surface area contributed by atoms with Crippen LogP contribution in [0.15, 0.2) is 48.5 Å². The molecule has 0 bridgehead atoms. The molecular weight excluding hydrogens is 331 g/mol. The van der Waals surface area contributed by atoms with E-state index in [-0.39, 0.29) is 5.91 Å². The number of carbonyl (C=O) groups is 1. The normalized spacial score (nSPS) is 10.5. The maximum absolute atomic E-state index is 11.9. The van der Waals surface area contributed by atoms with Gasteiger partial charge in [0, 0.05) is 13.0 Å². The highest BCUT2D eigenvalue weighted by Crippen LogP contribution is 2.29. The minimum Gasteiger partial charge on any atom is -0.325 e. The topological polar surface area (TPSA) is 41.1 Å². The highest BCUT2D eigenvalue weighted by atomic mass is 35.5. The summed E-state index contributed by atoms with van der Waals surface area (Å²) in [5.41, 5.74) is 1.89. The third-order valence-corrected chi connectivity index (χ3v) is 4.24. The molecule has 0 aliphatic heterocycles. The van der Waals surface area contributed by atoms with Gasteiger partial charge < -0.3 is 10.6 Å². The van der Waals surface area contributed by atoms with Crippen LogP contribution in [0.2, 0.25) is 10.0 Å². The number of hydrogen-bond donors (Lipinski definition) is 2. The second-order valence-corrected chi connectivity index (χ2v) is 6.02. The molecule has 0 fully saturated rings. The fourth-order valence-corrected chi connectivity index (χ4v) is 2.55. The molecule has 0 aliphatic carbocycles. The van der Waals surface area contributed by atoms with Crippen LogP contribution in [-0.2, 0) is 11.2 Å². The lowest BCUT2D eigenvalue weighted by molar-refractivity contribution is -0.116. The van der Waals surface area contributed by atoms with Crippen molar-refractivity contribution < 1.29 is 4.79 Å². The van der Waals surface area contributed by atoms with Crippen LogP contribution in [0.25, 0.3) is 0 Å². The van der Waals surface area contributed by atoms with E-state index in [1.807, 2.05) is 18.2 Å². The Balaban J connectivity index is 1.61. The lowest BCUT2D eigenvalue weighted by Gasteiger charge is -2.09. The van der Waals surface area contributed by atoms with Crippen LogP contribution < -0.4 is 10.6 Å². The van der Waals surface area contributed by atoms with Crippen LogP contribution in [0.4, 0.5) is 5.69 Å². The zero-order valence-corrected chi connectivity index (χ0v) is 14.3. The van der Waals surface area contributed by atoms with Gasteiger partial charge in [0.1, 0.15) is 0 Å². The van der Waals surface area contributed by atoms with E-state index < -0.39 is 0 Å². The number of nitrogens with one attached hydrogen (secondary N) is 2. The van der Waals surface area contributed by atoms with Gasteiger partial charge in [-0.2, -0.15) is 0 Å². The molecule has 2 aromatic rings. The molecule has 0 spiro atoms. The molecular formula is C18H20Cl2N2O. The molecule has 0 aliphatic rings. The quantitative estimate of drug-likeness (QED) is 0.686. The lowest BCUT2D eigenvalue weighted by Crippen LogP contribution is -2.23. The summed E-state index contributed by atoms with van der Waals surface area (Å²) in [4.78, 5) is 11.9. The summed E-state index contributed by atoms with van der Waals surface area (Å²) in [6.07, 6.45) is 2.48. The zero-order valence-electron chi connectivity index (χ0n) is 12.8. The molecule has 0 heterocycles. The summed E-state index contributed by atoms with van der Waals surface area (Å²) in [7, 11) is 0. The van der Waals surface area contributed by atoms with Crippen LogP contribution in [0, 0.1) is 0 Å². The molecule has 0 aromatic heterocycles.